The van der Waals surface area contributed by atoms with E-state index < -0.39 is 10.8 Å². The summed E-state index contributed by atoms with van der Waals surface area (Å²) in [6.07, 6.45) is 1.60. The average Bonchev–Trinajstić information content (AvgIpc) is 2.70. The summed E-state index contributed by atoms with van der Waals surface area (Å²) in [5, 5.41) is 3.53. The Balaban J connectivity index is 1.71. The third-order valence-corrected chi connectivity index (χ3v) is 6.65. The van der Waals surface area contributed by atoms with Crippen molar-refractivity contribution in [1.29, 1.82) is 0 Å². The van der Waals surface area contributed by atoms with Gasteiger partial charge < -0.3 is 14.8 Å². The van der Waals surface area contributed by atoms with Crippen LogP contribution in [0.25, 0.3) is 0 Å². The Kier molecular flexibility index (Phi) is 7.70. The molecule has 7 heteroatoms. The topological polar surface area (TPSA) is 64.6 Å². The standard InChI is InChI=1S/C22H26ClNO4S/c1-15(2)28-21-7-6-17(23)13-20(21)22(25)24-18-5-3-4-16(12-18)14-29(26)19-8-10-27-11-9-19/h3-7,12-13,15,19H,8-11,14H2,1-2H3,(H,24,25). The van der Waals surface area contributed by atoms with E-state index in [0.29, 0.717) is 41.0 Å². The lowest BCUT2D eigenvalue weighted by Gasteiger charge is -2.21. The zero-order valence-corrected chi connectivity index (χ0v) is 18.2. The van der Waals surface area contributed by atoms with Crippen molar-refractivity contribution in [2.75, 3.05) is 18.5 Å². The summed E-state index contributed by atoms with van der Waals surface area (Å²) in [5.41, 5.74) is 1.95. The van der Waals surface area contributed by atoms with Crippen LogP contribution in [-0.2, 0) is 21.3 Å². The van der Waals surface area contributed by atoms with Gasteiger partial charge in [-0.1, -0.05) is 23.7 Å². The number of hydrogen-bond donors (Lipinski definition) is 1. The van der Waals surface area contributed by atoms with Crippen molar-refractivity contribution in [3.8, 4) is 5.75 Å². The molecule has 1 unspecified atom stereocenters. The first kappa shape index (κ1) is 21.8. The number of amides is 1. The fourth-order valence-corrected chi connectivity index (χ4v) is 4.83. The molecule has 156 valence electrons. The zero-order chi connectivity index (χ0) is 20.8. The maximum Gasteiger partial charge on any atom is 0.259 e. The Morgan fingerprint density at radius 1 is 1.24 bits per heavy atom. The van der Waals surface area contributed by atoms with Gasteiger partial charge in [0.1, 0.15) is 5.75 Å². The number of carbonyl (C=O) groups is 1. The molecule has 1 N–H and O–H groups in total. The van der Waals surface area contributed by atoms with Crippen LogP contribution in [0.15, 0.2) is 42.5 Å². The van der Waals surface area contributed by atoms with E-state index in [0.717, 1.165) is 18.4 Å². The van der Waals surface area contributed by atoms with Gasteiger partial charge in [-0.15, -0.1) is 0 Å². The zero-order valence-electron chi connectivity index (χ0n) is 16.7. The van der Waals surface area contributed by atoms with Gasteiger partial charge in [-0.2, -0.15) is 0 Å². The highest BCUT2D eigenvalue weighted by atomic mass is 35.5. The van der Waals surface area contributed by atoms with Crippen LogP contribution in [0.4, 0.5) is 5.69 Å². The first-order valence-corrected chi connectivity index (χ1v) is 11.5. The molecule has 0 radical (unpaired) electrons. The quantitative estimate of drug-likeness (QED) is 0.677. The molecule has 0 bridgehead atoms. The Morgan fingerprint density at radius 2 is 2.00 bits per heavy atom. The number of halogens is 1. The van der Waals surface area contributed by atoms with Crippen LogP contribution in [0, 0.1) is 0 Å². The number of ether oxygens (including phenoxy) is 2. The van der Waals surface area contributed by atoms with Gasteiger partial charge in [-0.05, 0) is 62.6 Å². The maximum absolute atomic E-state index is 12.8. The first-order valence-electron chi connectivity index (χ1n) is 9.74. The Morgan fingerprint density at radius 3 is 2.72 bits per heavy atom. The molecule has 2 aromatic rings. The molecular weight excluding hydrogens is 410 g/mol. The molecule has 1 aliphatic rings. The summed E-state index contributed by atoms with van der Waals surface area (Å²) in [7, 11) is -0.958. The second-order valence-corrected chi connectivity index (χ2v) is 9.45. The van der Waals surface area contributed by atoms with Gasteiger partial charge in [0.05, 0.1) is 11.7 Å². The fraction of sp³-hybridized carbons (Fsp3) is 0.409. The Labute approximate surface area is 179 Å². The number of rotatable bonds is 7. The molecule has 0 aliphatic carbocycles. The van der Waals surface area contributed by atoms with Gasteiger partial charge >= 0.3 is 0 Å². The molecule has 1 aliphatic heterocycles. The van der Waals surface area contributed by atoms with E-state index in [2.05, 4.69) is 5.32 Å². The molecule has 0 saturated carbocycles. The number of hydrogen-bond acceptors (Lipinski definition) is 4. The fourth-order valence-electron chi connectivity index (χ4n) is 3.19. The second kappa shape index (κ2) is 10.2. The molecular formula is C22H26ClNO4S. The third-order valence-electron chi connectivity index (χ3n) is 4.58. The molecule has 1 fully saturated rings. The van der Waals surface area contributed by atoms with Crippen molar-refractivity contribution in [1.82, 2.24) is 0 Å². The Hall–Kier alpha value is -1.89. The summed E-state index contributed by atoms with van der Waals surface area (Å²) in [4.78, 5) is 12.8. The summed E-state index contributed by atoms with van der Waals surface area (Å²) < 4.78 is 23.7. The minimum absolute atomic E-state index is 0.0637. The lowest BCUT2D eigenvalue weighted by Crippen LogP contribution is -2.25. The number of carbonyl (C=O) groups excluding carboxylic acids is 1. The first-order chi connectivity index (χ1) is 13.9. The van der Waals surface area contributed by atoms with Crippen molar-refractivity contribution in [2.24, 2.45) is 0 Å². The van der Waals surface area contributed by atoms with E-state index in [1.54, 1.807) is 18.2 Å². The normalized spacial score (nSPS) is 15.9. The van der Waals surface area contributed by atoms with E-state index in [4.69, 9.17) is 21.1 Å². The largest absolute Gasteiger partial charge is 0.490 e. The number of benzene rings is 2. The van der Waals surface area contributed by atoms with Crippen LogP contribution in [0.3, 0.4) is 0 Å². The van der Waals surface area contributed by atoms with Gasteiger partial charge in [0.15, 0.2) is 0 Å². The molecule has 3 rings (SSSR count). The van der Waals surface area contributed by atoms with Gasteiger partial charge in [0.2, 0.25) is 0 Å². The second-order valence-electron chi connectivity index (χ2n) is 7.30. The van der Waals surface area contributed by atoms with Crippen molar-refractivity contribution in [3.63, 3.8) is 0 Å². The molecule has 1 heterocycles. The van der Waals surface area contributed by atoms with Crippen LogP contribution in [0.1, 0.15) is 42.6 Å². The summed E-state index contributed by atoms with van der Waals surface area (Å²) >= 11 is 6.08. The van der Waals surface area contributed by atoms with Gasteiger partial charge in [0.25, 0.3) is 5.91 Å². The number of nitrogens with one attached hydrogen (secondary N) is 1. The van der Waals surface area contributed by atoms with E-state index >= 15 is 0 Å². The minimum atomic E-state index is -0.958. The van der Waals surface area contributed by atoms with Crippen LogP contribution in [0.2, 0.25) is 5.02 Å². The summed E-state index contributed by atoms with van der Waals surface area (Å²) in [6, 6.07) is 12.5. The highest BCUT2D eigenvalue weighted by Crippen LogP contribution is 2.26. The molecule has 0 aromatic heterocycles. The minimum Gasteiger partial charge on any atom is -0.490 e. The molecule has 1 atom stereocenters. The van der Waals surface area contributed by atoms with Crippen LogP contribution in [0.5, 0.6) is 5.75 Å². The van der Waals surface area contributed by atoms with E-state index in [1.807, 2.05) is 38.1 Å². The SMILES string of the molecule is CC(C)Oc1ccc(Cl)cc1C(=O)Nc1cccc(CS(=O)C2CCOCC2)c1. The van der Waals surface area contributed by atoms with E-state index in [1.165, 1.54) is 0 Å². The van der Waals surface area contributed by atoms with Crippen molar-refractivity contribution < 1.29 is 18.5 Å². The molecule has 5 nitrogen and oxygen atoms in total. The predicted octanol–water partition coefficient (Wildman–Crippen LogP) is 4.81. The van der Waals surface area contributed by atoms with Crippen LogP contribution in [-0.4, -0.2) is 34.7 Å². The molecule has 2 aromatic carbocycles. The highest BCUT2D eigenvalue weighted by Gasteiger charge is 2.20. The smallest absolute Gasteiger partial charge is 0.259 e. The lowest BCUT2D eigenvalue weighted by atomic mass is 10.1. The molecule has 0 spiro atoms. The number of anilines is 1. The third kappa shape index (κ3) is 6.29. The molecule has 1 amide bonds. The molecule has 1 saturated heterocycles. The maximum atomic E-state index is 12.8. The van der Waals surface area contributed by atoms with E-state index in [9.17, 15) is 9.00 Å². The van der Waals surface area contributed by atoms with Crippen molar-refractivity contribution in [2.45, 2.75) is 43.8 Å². The predicted molar refractivity (Wildman–Crippen MR) is 117 cm³/mol. The van der Waals surface area contributed by atoms with Crippen molar-refractivity contribution in [3.05, 3.63) is 58.6 Å². The van der Waals surface area contributed by atoms with Crippen LogP contribution < -0.4 is 10.1 Å². The summed E-state index contributed by atoms with van der Waals surface area (Å²) in [6.45, 7) is 5.15. The van der Waals surface area contributed by atoms with Crippen molar-refractivity contribution >= 4 is 34.0 Å². The van der Waals surface area contributed by atoms with Gasteiger partial charge in [-0.25, -0.2) is 0 Å². The monoisotopic (exact) mass is 435 g/mol. The molecule has 29 heavy (non-hydrogen) atoms. The van der Waals surface area contributed by atoms with Gasteiger partial charge in [-0.3, -0.25) is 9.00 Å². The van der Waals surface area contributed by atoms with Gasteiger partial charge in [0, 0.05) is 45.7 Å². The summed E-state index contributed by atoms with van der Waals surface area (Å²) in [5.74, 6) is 0.650. The Bertz CT molecular complexity index is 881. The highest BCUT2D eigenvalue weighted by molar-refractivity contribution is 7.84. The van der Waals surface area contributed by atoms with E-state index in [-0.39, 0.29) is 17.3 Å². The van der Waals surface area contributed by atoms with Crippen LogP contribution >= 0.6 is 11.6 Å². The average molecular weight is 436 g/mol. The lowest BCUT2D eigenvalue weighted by molar-refractivity contribution is 0.0991.